The van der Waals surface area contributed by atoms with Crippen molar-refractivity contribution >= 4 is 17.5 Å². The number of hydrogen-bond acceptors (Lipinski definition) is 1. The molecule has 1 amide bonds. The van der Waals surface area contributed by atoms with Gasteiger partial charge in [-0.05, 0) is 24.6 Å². The molecule has 0 aliphatic rings. The summed E-state index contributed by atoms with van der Waals surface area (Å²) in [5, 5.41) is 5.83. The summed E-state index contributed by atoms with van der Waals surface area (Å²) in [5.41, 5.74) is 3.40. The van der Waals surface area contributed by atoms with E-state index in [1.165, 1.54) is 11.1 Å². The second-order valence-electron chi connectivity index (χ2n) is 6.58. The third-order valence-corrected chi connectivity index (χ3v) is 4.86. The minimum absolute atomic E-state index is 0.00862. The minimum atomic E-state index is -0.0601. The van der Waals surface area contributed by atoms with Gasteiger partial charge in [0.15, 0.2) is 6.54 Å². The molecule has 0 unspecified atom stereocenters. The molecule has 0 aliphatic heterocycles. The third kappa shape index (κ3) is 5.43. The standard InChI is InChI=1S/C23H23ClN2O/c1-17(18-12-14-21(24)15-13-18)26-22(27)16-25-23(19-8-4-2-5-9-19)20-10-6-3-7-11-20/h2-15,17,23,25H,16H2,1H3,(H,26,27)/p+1/t17-/m0/s1. The van der Waals surface area contributed by atoms with E-state index in [0.29, 0.717) is 11.6 Å². The van der Waals surface area contributed by atoms with Crippen LogP contribution in [0.3, 0.4) is 0 Å². The number of nitrogens with one attached hydrogen (secondary N) is 1. The van der Waals surface area contributed by atoms with E-state index in [9.17, 15) is 4.79 Å². The summed E-state index contributed by atoms with van der Waals surface area (Å²) < 4.78 is 0. The summed E-state index contributed by atoms with van der Waals surface area (Å²) in [4.78, 5) is 12.5. The van der Waals surface area contributed by atoms with Crippen molar-refractivity contribution in [2.24, 2.45) is 0 Å². The number of benzene rings is 3. The largest absolute Gasteiger partial charge is 0.345 e. The average Bonchev–Trinajstić information content (AvgIpc) is 2.70. The minimum Gasteiger partial charge on any atom is -0.345 e. The van der Waals surface area contributed by atoms with Crippen LogP contribution in [0.2, 0.25) is 5.02 Å². The molecule has 0 saturated carbocycles. The van der Waals surface area contributed by atoms with Gasteiger partial charge in [-0.15, -0.1) is 0 Å². The number of carbonyl (C=O) groups excluding carboxylic acids is 1. The molecule has 3 rings (SSSR count). The number of halogens is 1. The molecule has 0 aliphatic carbocycles. The van der Waals surface area contributed by atoms with Crippen LogP contribution >= 0.6 is 11.6 Å². The maximum Gasteiger partial charge on any atom is 0.275 e. The van der Waals surface area contributed by atoms with E-state index in [2.05, 4.69) is 34.9 Å². The summed E-state index contributed by atoms with van der Waals surface area (Å²) in [6.07, 6.45) is 0. The Bertz CT molecular complexity index is 811. The van der Waals surface area contributed by atoms with E-state index in [0.717, 1.165) is 5.56 Å². The summed E-state index contributed by atoms with van der Waals surface area (Å²) in [5.74, 6) is 0.00862. The fourth-order valence-corrected chi connectivity index (χ4v) is 3.27. The zero-order chi connectivity index (χ0) is 19.1. The van der Waals surface area contributed by atoms with E-state index in [-0.39, 0.29) is 18.0 Å². The van der Waals surface area contributed by atoms with Crippen LogP contribution in [0.25, 0.3) is 0 Å². The quantitative estimate of drug-likeness (QED) is 0.643. The first kappa shape index (κ1) is 19.2. The lowest BCUT2D eigenvalue weighted by molar-refractivity contribution is -0.676. The van der Waals surface area contributed by atoms with Gasteiger partial charge in [0, 0.05) is 16.1 Å². The fraction of sp³-hybridized carbons (Fsp3) is 0.174. The summed E-state index contributed by atoms with van der Waals surface area (Å²) in [6.45, 7) is 2.33. The van der Waals surface area contributed by atoms with E-state index in [4.69, 9.17) is 11.6 Å². The molecule has 3 aromatic carbocycles. The van der Waals surface area contributed by atoms with Crippen LogP contribution in [-0.4, -0.2) is 12.5 Å². The molecule has 3 N–H and O–H groups in total. The molecule has 0 heterocycles. The van der Waals surface area contributed by atoms with Crippen molar-refractivity contribution in [2.75, 3.05) is 6.54 Å². The first-order valence-electron chi connectivity index (χ1n) is 9.11. The zero-order valence-corrected chi connectivity index (χ0v) is 16.1. The normalized spacial score (nSPS) is 12.0. The van der Waals surface area contributed by atoms with Crippen molar-refractivity contribution in [3.05, 3.63) is 107 Å². The first-order valence-corrected chi connectivity index (χ1v) is 9.49. The molecule has 0 radical (unpaired) electrons. The molecule has 0 fully saturated rings. The number of rotatable bonds is 7. The second kappa shape index (κ2) is 9.36. The molecule has 4 heteroatoms. The van der Waals surface area contributed by atoms with Gasteiger partial charge in [-0.3, -0.25) is 4.79 Å². The number of hydrogen-bond donors (Lipinski definition) is 2. The van der Waals surface area contributed by atoms with Gasteiger partial charge in [0.05, 0.1) is 6.04 Å². The van der Waals surface area contributed by atoms with Gasteiger partial charge < -0.3 is 10.6 Å². The molecule has 138 valence electrons. The average molecular weight is 380 g/mol. The molecule has 1 atom stereocenters. The highest BCUT2D eigenvalue weighted by molar-refractivity contribution is 6.30. The maximum absolute atomic E-state index is 12.5. The summed E-state index contributed by atoms with van der Waals surface area (Å²) in [7, 11) is 0. The van der Waals surface area contributed by atoms with Crippen molar-refractivity contribution in [2.45, 2.75) is 19.0 Å². The number of nitrogens with two attached hydrogens (primary N) is 1. The Balaban J connectivity index is 1.64. The molecule has 0 saturated heterocycles. The molecule has 0 spiro atoms. The molecular weight excluding hydrogens is 356 g/mol. The highest BCUT2D eigenvalue weighted by Gasteiger charge is 2.19. The lowest BCUT2D eigenvalue weighted by atomic mass is 9.99. The molecule has 3 nitrogen and oxygen atoms in total. The Hall–Kier alpha value is -2.62. The maximum atomic E-state index is 12.5. The van der Waals surface area contributed by atoms with Crippen LogP contribution < -0.4 is 10.6 Å². The van der Waals surface area contributed by atoms with Crippen molar-refractivity contribution in [1.82, 2.24) is 5.32 Å². The monoisotopic (exact) mass is 379 g/mol. The lowest BCUT2D eigenvalue weighted by Gasteiger charge is -2.18. The molecule has 3 aromatic rings. The summed E-state index contributed by atoms with van der Waals surface area (Å²) >= 11 is 5.93. The van der Waals surface area contributed by atoms with Gasteiger partial charge in [0.25, 0.3) is 5.91 Å². The van der Waals surface area contributed by atoms with Crippen molar-refractivity contribution < 1.29 is 10.1 Å². The van der Waals surface area contributed by atoms with Crippen LogP contribution in [0.4, 0.5) is 0 Å². The highest BCUT2D eigenvalue weighted by atomic mass is 35.5. The van der Waals surface area contributed by atoms with Crippen LogP contribution in [0.5, 0.6) is 0 Å². The smallest absolute Gasteiger partial charge is 0.275 e. The molecular formula is C23H24ClN2O+. The molecule has 0 aromatic heterocycles. The van der Waals surface area contributed by atoms with Gasteiger partial charge >= 0.3 is 0 Å². The van der Waals surface area contributed by atoms with Crippen LogP contribution in [0, 0.1) is 0 Å². The Kier molecular flexibility index (Phi) is 6.64. The Morgan fingerprint density at radius 2 is 1.37 bits per heavy atom. The van der Waals surface area contributed by atoms with Crippen molar-refractivity contribution in [1.29, 1.82) is 0 Å². The van der Waals surface area contributed by atoms with Crippen molar-refractivity contribution in [3.63, 3.8) is 0 Å². The van der Waals surface area contributed by atoms with Gasteiger partial charge in [-0.25, -0.2) is 0 Å². The predicted molar refractivity (Wildman–Crippen MR) is 110 cm³/mol. The number of quaternary nitrogens is 1. The highest BCUT2D eigenvalue weighted by Crippen LogP contribution is 2.18. The topological polar surface area (TPSA) is 45.7 Å². The Morgan fingerprint density at radius 1 is 0.852 bits per heavy atom. The van der Waals surface area contributed by atoms with Crippen LogP contribution in [0.1, 0.15) is 35.7 Å². The van der Waals surface area contributed by atoms with E-state index >= 15 is 0 Å². The zero-order valence-electron chi connectivity index (χ0n) is 15.3. The molecule has 27 heavy (non-hydrogen) atoms. The Labute approximate surface area is 165 Å². The van der Waals surface area contributed by atoms with E-state index in [1.54, 1.807) is 0 Å². The summed E-state index contributed by atoms with van der Waals surface area (Å²) in [6, 6.07) is 28.1. The predicted octanol–water partition coefficient (Wildman–Crippen LogP) is 3.87. The second-order valence-corrected chi connectivity index (χ2v) is 7.02. The SMILES string of the molecule is C[C@H](NC(=O)C[NH2+]C(c1ccccc1)c1ccccc1)c1ccc(Cl)cc1. The van der Waals surface area contributed by atoms with Crippen LogP contribution in [-0.2, 0) is 4.79 Å². The third-order valence-electron chi connectivity index (χ3n) is 4.60. The van der Waals surface area contributed by atoms with Gasteiger partial charge in [0.1, 0.15) is 6.04 Å². The Morgan fingerprint density at radius 3 is 1.89 bits per heavy atom. The lowest BCUT2D eigenvalue weighted by Crippen LogP contribution is -2.87. The molecule has 0 bridgehead atoms. The van der Waals surface area contributed by atoms with Crippen molar-refractivity contribution in [3.8, 4) is 0 Å². The number of carbonyl (C=O) groups is 1. The van der Waals surface area contributed by atoms with Gasteiger partial charge in [0.2, 0.25) is 0 Å². The van der Waals surface area contributed by atoms with Crippen LogP contribution in [0.15, 0.2) is 84.9 Å². The van der Waals surface area contributed by atoms with E-state index in [1.807, 2.05) is 67.6 Å². The fourth-order valence-electron chi connectivity index (χ4n) is 3.15. The number of amides is 1. The van der Waals surface area contributed by atoms with Gasteiger partial charge in [-0.1, -0.05) is 84.4 Å². The van der Waals surface area contributed by atoms with E-state index < -0.39 is 0 Å². The van der Waals surface area contributed by atoms with Gasteiger partial charge in [-0.2, -0.15) is 0 Å². The first-order chi connectivity index (χ1) is 13.1.